The molecule has 0 aromatic carbocycles. The Morgan fingerprint density at radius 2 is 1.72 bits per heavy atom. The van der Waals surface area contributed by atoms with Gasteiger partial charge in [-0.15, -0.1) is 0 Å². The molecule has 0 saturated carbocycles. The zero-order valence-electron chi connectivity index (χ0n) is 12.8. The standard InChI is InChI=1S/C18H30/c1-5-18(6-2)12-9-15(10-13-18)16-8-7-11-17(3,4)14-16/h8-9H,5-7,10-14H2,1-4H3. The van der Waals surface area contributed by atoms with Gasteiger partial charge in [-0.1, -0.05) is 52.7 Å². The molecule has 0 unspecified atom stereocenters. The summed E-state index contributed by atoms with van der Waals surface area (Å²) < 4.78 is 0. The van der Waals surface area contributed by atoms with Crippen molar-refractivity contribution in [3.05, 3.63) is 23.3 Å². The summed E-state index contributed by atoms with van der Waals surface area (Å²) in [5, 5.41) is 0. The number of hydrogen-bond acceptors (Lipinski definition) is 0. The molecule has 2 rings (SSSR count). The minimum absolute atomic E-state index is 0.523. The lowest BCUT2D eigenvalue weighted by molar-refractivity contribution is 0.231. The summed E-state index contributed by atoms with van der Waals surface area (Å²) in [5.74, 6) is 0. The first-order chi connectivity index (χ1) is 8.50. The van der Waals surface area contributed by atoms with E-state index in [1.54, 1.807) is 11.1 Å². The Morgan fingerprint density at radius 1 is 1.00 bits per heavy atom. The van der Waals surface area contributed by atoms with Crippen LogP contribution in [0.1, 0.15) is 79.1 Å². The lowest BCUT2D eigenvalue weighted by Crippen LogP contribution is -2.23. The van der Waals surface area contributed by atoms with E-state index >= 15 is 0 Å². The Morgan fingerprint density at radius 3 is 2.22 bits per heavy atom. The molecule has 0 N–H and O–H groups in total. The van der Waals surface area contributed by atoms with E-state index in [2.05, 4.69) is 39.8 Å². The van der Waals surface area contributed by atoms with Gasteiger partial charge in [0.05, 0.1) is 0 Å². The highest BCUT2D eigenvalue weighted by Gasteiger charge is 2.31. The van der Waals surface area contributed by atoms with E-state index in [1.165, 1.54) is 51.4 Å². The van der Waals surface area contributed by atoms with Gasteiger partial charge in [0.15, 0.2) is 0 Å². The summed E-state index contributed by atoms with van der Waals surface area (Å²) in [6, 6.07) is 0. The van der Waals surface area contributed by atoms with E-state index < -0.39 is 0 Å². The van der Waals surface area contributed by atoms with Crippen molar-refractivity contribution in [2.45, 2.75) is 79.1 Å². The van der Waals surface area contributed by atoms with Crippen molar-refractivity contribution in [2.24, 2.45) is 10.8 Å². The number of allylic oxidation sites excluding steroid dienone is 4. The van der Waals surface area contributed by atoms with Crippen LogP contribution in [-0.2, 0) is 0 Å². The van der Waals surface area contributed by atoms with Crippen LogP contribution in [0.5, 0.6) is 0 Å². The lowest BCUT2D eigenvalue weighted by Gasteiger charge is -2.37. The van der Waals surface area contributed by atoms with Crippen LogP contribution in [0.3, 0.4) is 0 Å². The van der Waals surface area contributed by atoms with E-state index in [0.717, 1.165) is 0 Å². The second kappa shape index (κ2) is 5.23. The van der Waals surface area contributed by atoms with Crippen LogP contribution < -0.4 is 0 Å². The van der Waals surface area contributed by atoms with Gasteiger partial charge in [0.2, 0.25) is 0 Å². The Balaban J connectivity index is 2.08. The smallest absolute Gasteiger partial charge is 0.0228 e. The number of hydrogen-bond donors (Lipinski definition) is 0. The molecule has 0 aromatic rings. The van der Waals surface area contributed by atoms with Gasteiger partial charge in [0.1, 0.15) is 0 Å². The molecule has 0 amide bonds. The first-order valence-corrected chi connectivity index (χ1v) is 7.89. The fraction of sp³-hybridized carbons (Fsp3) is 0.778. The predicted molar refractivity (Wildman–Crippen MR) is 80.7 cm³/mol. The highest BCUT2D eigenvalue weighted by molar-refractivity contribution is 5.35. The van der Waals surface area contributed by atoms with Crippen molar-refractivity contribution in [1.29, 1.82) is 0 Å². The van der Waals surface area contributed by atoms with Crippen molar-refractivity contribution >= 4 is 0 Å². The van der Waals surface area contributed by atoms with Crippen LogP contribution >= 0.6 is 0 Å². The SMILES string of the molecule is CCC1(CC)CC=C(C2=CCCC(C)(C)C2)CC1. The third kappa shape index (κ3) is 2.90. The van der Waals surface area contributed by atoms with E-state index in [4.69, 9.17) is 0 Å². The molecule has 0 aliphatic heterocycles. The number of rotatable bonds is 3. The molecular weight excluding hydrogens is 216 g/mol. The quantitative estimate of drug-likeness (QED) is 0.569. The van der Waals surface area contributed by atoms with Crippen molar-refractivity contribution in [2.75, 3.05) is 0 Å². The molecule has 0 aromatic heterocycles. The van der Waals surface area contributed by atoms with Gasteiger partial charge in [-0.3, -0.25) is 0 Å². The fourth-order valence-electron chi connectivity index (χ4n) is 3.69. The first kappa shape index (κ1) is 13.9. The maximum atomic E-state index is 2.57. The van der Waals surface area contributed by atoms with Gasteiger partial charge >= 0.3 is 0 Å². The second-order valence-corrected chi connectivity index (χ2v) is 7.25. The van der Waals surface area contributed by atoms with Crippen LogP contribution in [0, 0.1) is 10.8 Å². The summed E-state index contributed by atoms with van der Waals surface area (Å²) in [5.41, 5.74) is 4.50. The van der Waals surface area contributed by atoms with Crippen LogP contribution in [0.2, 0.25) is 0 Å². The van der Waals surface area contributed by atoms with Crippen molar-refractivity contribution < 1.29 is 0 Å². The summed E-state index contributed by atoms with van der Waals surface area (Å²) in [7, 11) is 0. The Kier molecular flexibility index (Phi) is 4.04. The average molecular weight is 246 g/mol. The minimum atomic E-state index is 0.523. The second-order valence-electron chi connectivity index (χ2n) is 7.25. The molecule has 2 aliphatic carbocycles. The van der Waals surface area contributed by atoms with Gasteiger partial charge in [-0.05, 0) is 60.5 Å². The highest BCUT2D eigenvalue weighted by Crippen LogP contribution is 2.45. The molecule has 0 heteroatoms. The average Bonchev–Trinajstić information content (AvgIpc) is 2.38. The molecule has 0 bridgehead atoms. The summed E-state index contributed by atoms with van der Waals surface area (Å²) >= 11 is 0. The van der Waals surface area contributed by atoms with Gasteiger partial charge in [0, 0.05) is 0 Å². The van der Waals surface area contributed by atoms with E-state index in [1.807, 2.05) is 0 Å². The Hall–Kier alpha value is -0.520. The largest absolute Gasteiger partial charge is 0.0810 e. The molecule has 0 saturated heterocycles. The van der Waals surface area contributed by atoms with Crippen LogP contribution in [0.4, 0.5) is 0 Å². The zero-order valence-corrected chi connectivity index (χ0v) is 12.8. The van der Waals surface area contributed by atoms with Crippen molar-refractivity contribution in [3.63, 3.8) is 0 Å². The summed E-state index contributed by atoms with van der Waals surface area (Å²) in [6.45, 7) is 9.58. The summed E-state index contributed by atoms with van der Waals surface area (Å²) in [4.78, 5) is 0. The van der Waals surface area contributed by atoms with Crippen molar-refractivity contribution in [1.82, 2.24) is 0 Å². The normalized spacial score (nSPS) is 26.4. The molecule has 0 heterocycles. The molecule has 102 valence electrons. The third-order valence-electron chi connectivity index (χ3n) is 5.50. The molecule has 0 spiro atoms. The Labute approximate surface area is 114 Å². The van der Waals surface area contributed by atoms with Gasteiger partial charge in [-0.2, -0.15) is 0 Å². The maximum Gasteiger partial charge on any atom is -0.0228 e. The maximum absolute atomic E-state index is 2.57. The summed E-state index contributed by atoms with van der Waals surface area (Å²) in [6.07, 6.45) is 15.8. The minimum Gasteiger partial charge on any atom is -0.0810 e. The third-order valence-corrected chi connectivity index (χ3v) is 5.50. The Bertz CT molecular complexity index is 350. The van der Waals surface area contributed by atoms with Gasteiger partial charge in [0.25, 0.3) is 0 Å². The fourth-order valence-corrected chi connectivity index (χ4v) is 3.69. The van der Waals surface area contributed by atoms with E-state index in [9.17, 15) is 0 Å². The highest BCUT2D eigenvalue weighted by atomic mass is 14.4. The van der Waals surface area contributed by atoms with Crippen LogP contribution in [0.25, 0.3) is 0 Å². The molecule has 0 nitrogen and oxygen atoms in total. The van der Waals surface area contributed by atoms with Crippen LogP contribution in [0.15, 0.2) is 23.3 Å². The van der Waals surface area contributed by atoms with Gasteiger partial charge in [-0.25, -0.2) is 0 Å². The molecular formula is C18H30. The molecule has 0 radical (unpaired) electrons. The monoisotopic (exact) mass is 246 g/mol. The van der Waals surface area contributed by atoms with Gasteiger partial charge < -0.3 is 0 Å². The molecule has 2 aliphatic rings. The molecule has 0 atom stereocenters. The van der Waals surface area contributed by atoms with Crippen molar-refractivity contribution in [3.8, 4) is 0 Å². The molecule has 18 heavy (non-hydrogen) atoms. The predicted octanol–water partition coefficient (Wildman–Crippen LogP) is 6.04. The topological polar surface area (TPSA) is 0 Å². The van der Waals surface area contributed by atoms with E-state index in [-0.39, 0.29) is 0 Å². The lowest BCUT2D eigenvalue weighted by atomic mass is 9.68. The molecule has 0 fully saturated rings. The van der Waals surface area contributed by atoms with Crippen LogP contribution in [-0.4, -0.2) is 0 Å². The first-order valence-electron chi connectivity index (χ1n) is 7.89. The van der Waals surface area contributed by atoms with E-state index in [0.29, 0.717) is 10.8 Å². The zero-order chi connectivity index (χ0) is 13.2.